The molecule has 0 spiro atoms. The third-order valence-electron chi connectivity index (χ3n) is 3.65. The number of nitrogens with one attached hydrogen (secondary N) is 1. The van der Waals surface area contributed by atoms with Crippen molar-refractivity contribution in [2.75, 3.05) is 0 Å². The van der Waals surface area contributed by atoms with Gasteiger partial charge in [-0.1, -0.05) is 18.2 Å². The number of rotatable bonds is 6. The van der Waals surface area contributed by atoms with Crippen LogP contribution in [0.4, 0.5) is 0 Å². The van der Waals surface area contributed by atoms with Gasteiger partial charge in [0.2, 0.25) is 0 Å². The highest BCUT2D eigenvalue weighted by Crippen LogP contribution is 2.27. The minimum atomic E-state index is -0.562. The van der Waals surface area contributed by atoms with Crippen LogP contribution in [0.1, 0.15) is 17.5 Å². The first-order valence-electron chi connectivity index (χ1n) is 7.99. The first-order valence-corrected chi connectivity index (χ1v) is 8.81. The molecule has 25 heavy (non-hydrogen) atoms. The van der Waals surface area contributed by atoms with Gasteiger partial charge in [-0.3, -0.25) is 9.78 Å². The van der Waals surface area contributed by atoms with Crippen LogP contribution < -0.4 is 10.1 Å². The highest BCUT2D eigenvalue weighted by molar-refractivity contribution is 7.15. The van der Waals surface area contributed by atoms with Crippen LogP contribution in [-0.4, -0.2) is 22.0 Å². The summed E-state index contributed by atoms with van der Waals surface area (Å²) in [7, 11) is 0. The molecule has 2 heterocycles. The Bertz CT molecular complexity index is 834. The first-order chi connectivity index (χ1) is 12.1. The maximum atomic E-state index is 12.2. The van der Waals surface area contributed by atoms with E-state index in [0.29, 0.717) is 12.3 Å². The number of amides is 1. The Labute approximate surface area is 150 Å². The number of carbonyl (C=O) groups excluding carboxylic acids is 1. The molecule has 1 unspecified atom stereocenters. The summed E-state index contributed by atoms with van der Waals surface area (Å²) in [6.07, 6.45) is 2.96. The van der Waals surface area contributed by atoms with Gasteiger partial charge < -0.3 is 10.1 Å². The van der Waals surface area contributed by atoms with Gasteiger partial charge in [-0.15, -0.1) is 11.3 Å². The van der Waals surface area contributed by atoms with Gasteiger partial charge in [-0.2, -0.15) is 0 Å². The third kappa shape index (κ3) is 4.42. The molecule has 3 aromatic rings. The monoisotopic (exact) mass is 353 g/mol. The van der Waals surface area contributed by atoms with Crippen molar-refractivity contribution in [1.29, 1.82) is 0 Å². The van der Waals surface area contributed by atoms with E-state index in [1.165, 1.54) is 0 Å². The van der Waals surface area contributed by atoms with Gasteiger partial charge in [0.15, 0.2) is 6.10 Å². The Kier molecular flexibility index (Phi) is 5.40. The summed E-state index contributed by atoms with van der Waals surface area (Å²) in [5.74, 6) is 0.526. The average molecular weight is 353 g/mol. The van der Waals surface area contributed by atoms with Crippen molar-refractivity contribution in [2.45, 2.75) is 26.5 Å². The molecule has 2 aromatic heterocycles. The van der Waals surface area contributed by atoms with Crippen LogP contribution in [-0.2, 0) is 11.3 Å². The number of aryl methyl sites for hydroxylation is 1. The second kappa shape index (κ2) is 7.90. The van der Waals surface area contributed by atoms with Crippen LogP contribution in [0.2, 0.25) is 0 Å². The summed E-state index contributed by atoms with van der Waals surface area (Å²) in [5, 5.41) is 3.82. The standard InChI is InChI=1S/C19H19N3O2S/c1-13-17(25-19(22-13)15-7-6-10-20-11-15)12-21-18(23)14(2)24-16-8-4-3-5-9-16/h3-11,14H,12H2,1-2H3,(H,21,23). The lowest BCUT2D eigenvalue weighted by Gasteiger charge is -2.14. The number of ether oxygens (including phenoxy) is 1. The molecule has 0 aliphatic carbocycles. The molecule has 0 aliphatic heterocycles. The fourth-order valence-corrected chi connectivity index (χ4v) is 3.26. The quantitative estimate of drug-likeness (QED) is 0.735. The third-order valence-corrected chi connectivity index (χ3v) is 4.86. The molecule has 3 rings (SSSR count). The zero-order valence-corrected chi connectivity index (χ0v) is 14.9. The number of carbonyl (C=O) groups is 1. The average Bonchev–Trinajstić information content (AvgIpc) is 3.02. The molecule has 0 fully saturated rings. The van der Waals surface area contributed by atoms with E-state index in [4.69, 9.17) is 4.74 Å². The highest BCUT2D eigenvalue weighted by Gasteiger charge is 2.16. The van der Waals surface area contributed by atoms with E-state index in [-0.39, 0.29) is 5.91 Å². The van der Waals surface area contributed by atoms with Crippen LogP contribution >= 0.6 is 11.3 Å². The van der Waals surface area contributed by atoms with Crippen molar-refractivity contribution in [3.05, 3.63) is 65.4 Å². The van der Waals surface area contributed by atoms with Gasteiger partial charge in [0.25, 0.3) is 5.91 Å². The lowest BCUT2D eigenvalue weighted by Crippen LogP contribution is -2.35. The largest absolute Gasteiger partial charge is 0.481 e. The summed E-state index contributed by atoms with van der Waals surface area (Å²) >= 11 is 1.56. The zero-order valence-electron chi connectivity index (χ0n) is 14.1. The second-order valence-electron chi connectivity index (χ2n) is 5.56. The fourth-order valence-electron chi connectivity index (χ4n) is 2.27. The first kappa shape index (κ1) is 17.1. The van der Waals surface area contributed by atoms with Crippen molar-refractivity contribution in [3.63, 3.8) is 0 Å². The van der Waals surface area contributed by atoms with Crippen LogP contribution in [0.3, 0.4) is 0 Å². The molecule has 1 aromatic carbocycles. The molecule has 0 saturated heterocycles. The van der Waals surface area contributed by atoms with E-state index in [2.05, 4.69) is 15.3 Å². The Morgan fingerprint density at radius 1 is 1.24 bits per heavy atom. The maximum absolute atomic E-state index is 12.2. The number of thiazole rings is 1. The van der Waals surface area contributed by atoms with Gasteiger partial charge >= 0.3 is 0 Å². The molecule has 1 amide bonds. The van der Waals surface area contributed by atoms with Crippen molar-refractivity contribution in [3.8, 4) is 16.3 Å². The van der Waals surface area contributed by atoms with Crippen LogP contribution in [0.5, 0.6) is 5.75 Å². The molecule has 128 valence electrons. The molecule has 0 aliphatic rings. The summed E-state index contributed by atoms with van der Waals surface area (Å²) in [6, 6.07) is 13.2. The van der Waals surface area contributed by atoms with Crippen LogP contribution in [0.15, 0.2) is 54.9 Å². The number of aromatic nitrogens is 2. The summed E-state index contributed by atoms with van der Waals surface area (Å²) < 4.78 is 5.64. The molecule has 5 nitrogen and oxygen atoms in total. The van der Waals surface area contributed by atoms with E-state index in [0.717, 1.165) is 21.1 Å². The number of hydrogen-bond acceptors (Lipinski definition) is 5. The number of pyridine rings is 1. The minimum Gasteiger partial charge on any atom is -0.481 e. The zero-order chi connectivity index (χ0) is 17.6. The molecular weight excluding hydrogens is 334 g/mol. The molecule has 0 saturated carbocycles. The fraction of sp³-hybridized carbons (Fsp3) is 0.211. The number of hydrogen-bond donors (Lipinski definition) is 1. The molecule has 1 atom stereocenters. The number of para-hydroxylation sites is 1. The molecule has 0 radical (unpaired) electrons. The van der Waals surface area contributed by atoms with Gasteiger partial charge in [-0.25, -0.2) is 4.98 Å². The molecule has 1 N–H and O–H groups in total. The second-order valence-corrected chi connectivity index (χ2v) is 6.64. The normalized spacial score (nSPS) is 11.8. The van der Waals surface area contributed by atoms with Crippen LogP contribution in [0.25, 0.3) is 10.6 Å². The molecule has 0 bridgehead atoms. The van der Waals surface area contributed by atoms with E-state index >= 15 is 0 Å². The smallest absolute Gasteiger partial charge is 0.261 e. The van der Waals surface area contributed by atoms with Crippen LogP contribution in [0, 0.1) is 6.92 Å². The summed E-state index contributed by atoms with van der Waals surface area (Å²) in [6.45, 7) is 4.12. The van der Waals surface area contributed by atoms with Crippen molar-refractivity contribution >= 4 is 17.2 Å². The Morgan fingerprint density at radius 2 is 2.04 bits per heavy atom. The topological polar surface area (TPSA) is 64.1 Å². The summed E-state index contributed by atoms with van der Waals surface area (Å²) in [5.41, 5.74) is 1.90. The Morgan fingerprint density at radius 3 is 2.76 bits per heavy atom. The van der Waals surface area contributed by atoms with E-state index in [1.807, 2.05) is 49.4 Å². The van der Waals surface area contributed by atoms with Crippen molar-refractivity contribution in [2.24, 2.45) is 0 Å². The van der Waals surface area contributed by atoms with Gasteiger partial charge in [0, 0.05) is 22.8 Å². The van der Waals surface area contributed by atoms with E-state index in [1.54, 1.807) is 30.7 Å². The predicted molar refractivity (Wildman–Crippen MR) is 98.5 cm³/mol. The van der Waals surface area contributed by atoms with Gasteiger partial charge in [-0.05, 0) is 38.1 Å². The predicted octanol–water partition coefficient (Wildman–Crippen LogP) is 3.60. The molecular formula is C19H19N3O2S. The maximum Gasteiger partial charge on any atom is 0.261 e. The lowest BCUT2D eigenvalue weighted by molar-refractivity contribution is -0.127. The Balaban J connectivity index is 1.60. The minimum absolute atomic E-state index is 0.153. The SMILES string of the molecule is Cc1nc(-c2cccnc2)sc1CNC(=O)C(C)Oc1ccccc1. The highest BCUT2D eigenvalue weighted by atomic mass is 32.1. The number of nitrogens with zero attached hydrogens (tertiary/aromatic N) is 2. The molecule has 6 heteroatoms. The van der Waals surface area contributed by atoms with Crippen molar-refractivity contribution in [1.82, 2.24) is 15.3 Å². The van der Waals surface area contributed by atoms with E-state index < -0.39 is 6.10 Å². The van der Waals surface area contributed by atoms with Crippen molar-refractivity contribution < 1.29 is 9.53 Å². The van der Waals surface area contributed by atoms with E-state index in [9.17, 15) is 4.79 Å². The van der Waals surface area contributed by atoms with Gasteiger partial charge in [0.1, 0.15) is 10.8 Å². The number of benzene rings is 1. The summed E-state index contributed by atoms with van der Waals surface area (Å²) in [4.78, 5) is 22.0. The Hall–Kier alpha value is -2.73. The lowest BCUT2D eigenvalue weighted by atomic mass is 10.3. The van der Waals surface area contributed by atoms with Gasteiger partial charge in [0.05, 0.1) is 12.2 Å².